The van der Waals surface area contributed by atoms with Crippen molar-refractivity contribution in [3.63, 3.8) is 0 Å². The van der Waals surface area contributed by atoms with E-state index in [1.54, 1.807) is 0 Å². The second-order valence-electron chi connectivity index (χ2n) is 1.48. The van der Waals surface area contributed by atoms with Crippen molar-refractivity contribution in [2.45, 2.75) is 26.2 Å². The van der Waals surface area contributed by atoms with Crippen molar-refractivity contribution in [1.82, 2.24) is 0 Å². The van der Waals surface area contributed by atoms with Gasteiger partial charge in [-0.1, -0.05) is 13.3 Å². The van der Waals surface area contributed by atoms with Crippen molar-refractivity contribution in [2.24, 2.45) is 0 Å². The van der Waals surface area contributed by atoms with E-state index in [9.17, 15) is 9.90 Å². The smallest absolute Gasteiger partial charge is 0.550 e. The fraction of sp³-hybridized carbons (Fsp3) is 0.800. The summed E-state index contributed by atoms with van der Waals surface area (Å²) >= 11 is 0. The first-order chi connectivity index (χ1) is 3.27. The van der Waals surface area contributed by atoms with Gasteiger partial charge in [0.1, 0.15) is 0 Å². The fourth-order valence-electron chi connectivity index (χ4n) is 0.321. The van der Waals surface area contributed by atoms with E-state index in [1.807, 2.05) is 6.92 Å². The predicted molar refractivity (Wildman–Crippen MR) is 24.5 cm³/mol. The largest absolute Gasteiger partial charge is 1.00 e. The summed E-state index contributed by atoms with van der Waals surface area (Å²) in [5, 5.41) is 9.65. The van der Waals surface area contributed by atoms with Gasteiger partial charge in [-0.05, 0) is 12.8 Å². The summed E-state index contributed by atoms with van der Waals surface area (Å²) in [6.45, 7) is 1.95. The van der Waals surface area contributed by atoms with Crippen LogP contribution in [-0.4, -0.2) is 5.97 Å². The molecule has 0 N–H and O–H groups in total. The summed E-state index contributed by atoms with van der Waals surface area (Å²) in [7, 11) is 0. The van der Waals surface area contributed by atoms with E-state index in [0.29, 0.717) is 0 Å². The molecule has 0 radical (unpaired) electrons. The maximum absolute atomic E-state index is 9.65. The van der Waals surface area contributed by atoms with Crippen LogP contribution in [0.25, 0.3) is 0 Å². The van der Waals surface area contributed by atoms with E-state index in [-0.39, 0.29) is 36.0 Å². The topological polar surface area (TPSA) is 40.1 Å². The zero-order valence-electron chi connectivity index (χ0n) is 5.44. The van der Waals surface area contributed by atoms with Crippen molar-refractivity contribution < 1.29 is 39.5 Å². The SMILES string of the molecule is CCCC[13C](=O)[O-].[Na+]. The third-order valence-electron chi connectivity index (χ3n) is 0.734. The van der Waals surface area contributed by atoms with E-state index in [4.69, 9.17) is 0 Å². The van der Waals surface area contributed by atoms with Gasteiger partial charge in [0.05, 0.1) is 0 Å². The molecule has 0 saturated heterocycles. The molecular formula is C5H9NaO2. The Hall–Kier alpha value is 0.470. The second kappa shape index (κ2) is 7.47. The quantitative estimate of drug-likeness (QED) is 0.296. The molecule has 0 saturated carbocycles. The van der Waals surface area contributed by atoms with Crippen LogP contribution in [0.4, 0.5) is 0 Å². The van der Waals surface area contributed by atoms with Gasteiger partial charge in [-0.3, -0.25) is 0 Å². The van der Waals surface area contributed by atoms with E-state index in [1.165, 1.54) is 0 Å². The van der Waals surface area contributed by atoms with Crippen molar-refractivity contribution in [2.75, 3.05) is 0 Å². The van der Waals surface area contributed by atoms with E-state index >= 15 is 0 Å². The molecule has 0 aromatic rings. The van der Waals surface area contributed by atoms with Gasteiger partial charge in [-0.2, -0.15) is 0 Å². The zero-order valence-corrected chi connectivity index (χ0v) is 7.44. The minimum absolute atomic E-state index is 0. The number of hydrogen-bond donors (Lipinski definition) is 0. The van der Waals surface area contributed by atoms with Crippen LogP contribution in [0.2, 0.25) is 0 Å². The molecule has 0 fully saturated rings. The number of carbonyl (C=O) groups excluding carboxylic acids is 1. The van der Waals surface area contributed by atoms with Crippen molar-refractivity contribution in [1.29, 1.82) is 0 Å². The summed E-state index contributed by atoms with van der Waals surface area (Å²) in [5.41, 5.74) is 0. The fourth-order valence-corrected chi connectivity index (χ4v) is 0.321. The van der Waals surface area contributed by atoms with Crippen molar-refractivity contribution >= 4 is 5.97 Å². The summed E-state index contributed by atoms with van der Waals surface area (Å²) in [6, 6.07) is 0. The number of rotatable bonds is 3. The Labute approximate surface area is 71.6 Å². The first kappa shape index (κ1) is 11.3. The molecule has 0 aliphatic carbocycles. The van der Waals surface area contributed by atoms with Crippen LogP contribution in [0.15, 0.2) is 0 Å². The van der Waals surface area contributed by atoms with Gasteiger partial charge in [-0.15, -0.1) is 0 Å². The minimum atomic E-state index is -0.943. The van der Waals surface area contributed by atoms with Crippen molar-refractivity contribution in [3.05, 3.63) is 0 Å². The molecule has 0 atom stereocenters. The average molecular weight is 125 g/mol. The van der Waals surface area contributed by atoms with Crippen LogP contribution in [-0.2, 0) is 4.79 Å². The zero-order chi connectivity index (χ0) is 5.70. The third-order valence-corrected chi connectivity index (χ3v) is 0.734. The molecule has 3 heteroatoms. The molecule has 0 heterocycles. The standard InChI is InChI=1S/C5H10O2.Na/c1-2-3-4-5(6)7;/h2-4H2,1H3,(H,6,7);/q;+1/p-1/i5+1;. The molecular weight excluding hydrogens is 116 g/mol. The predicted octanol–water partition coefficient (Wildman–Crippen LogP) is -3.07. The molecule has 42 valence electrons. The number of aliphatic carboxylic acids is 1. The van der Waals surface area contributed by atoms with Gasteiger partial charge in [-0.25, -0.2) is 0 Å². The maximum Gasteiger partial charge on any atom is 1.00 e. The molecule has 0 amide bonds. The Balaban J connectivity index is 0. The van der Waals surface area contributed by atoms with Crippen LogP contribution in [0.1, 0.15) is 26.2 Å². The van der Waals surface area contributed by atoms with Crippen LogP contribution in [0.3, 0.4) is 0 Å². The van der Waals surface area contributed by atoms with E-state index in [2.05, 4.69) is 0 Å². The Morgan fingerprint density at radius 3 is 2.25 bits per heavy atom. The van der Waals surface area contributed by atoms with Gasteiger partial charge in [0.2, 0.25) is 0 Å². The summed E-state index contributed by atoms with van der Waals surface area (Å²) < 4.78 is 0. The number of carboxylic acid groups (broad SMARTS) is 1. The van der Waals surface area contributed by atoms with Gasteiger partial charge < -0.3 is 9.90 Å². The number of carbonyl (C=O) groups is 1. The van der Waals surface area contributed by atoms with E-state index in [0.717, 1.165) is 12.8 Å². The van der Waals surface area contributed by atoms with Gasteiger partial charge >= 0.3 is 29.6 Å². The first-order valence-electron chi connectivity index (χ1n) is 2.47. The molecule has 0 unspecified atom stereocenters. The summed E-state index contributed by atoms with van der Waals surface area (Å²) in [5.74, 6) is -0.943. The van der Waals surface area contributed by atoms with Gasteiger partial charge in [0.25, 0.3) is 0 Å². The van der Waals surface area contributed by atoms with Crippen LogP contribution >= 0.6 is 0 Å². The Morgan fingerprint density at radius 2 is 2.12 bits per heavy atom. The molecule has 2 nitrogen and oxygen atoms in total. The molecule has 8 heavy (non-hydrogen) atoms. The number of hydrogen-bond acceptors (Lipinski definition) is 2. The Bertz CT molecular complexity index is 63.4. The molecule has 0 aromatic heterocycles. The molecule has 0 aliphatic heterocycles. The summed E-state index contributed by atoms with van der Waals surface area (Å²) in [6.07, 6.45) is 1.87. The van der Waals surface area contributed by atoms with Gasteiger partial charge in [0.15, 0.2) is 0 Å². The van der Waals surface area contributed by atoms with Crippen LogP contribution in [0.5, 0.6) is 0 Å². The molecule has 0 bridgehead atoms. The van der Waals surface area contributed by atoms with Gasteiger partial charge in [0, 0.05) is 5.97 Å². The Morgan fingerprint density at radius 1 is 1.62 bits per heavy atom. The second-order valence-corrected chi connectivity index (χ2v) is 1.48. The molecule has 0 rings (SSSR count). The Kier molecular flexibility index (Phi) is 10.5. The number of carboxylic acids is 1. The van der Waals surface area contributed by atoms with Crippen LogP contribution in [0, 0.1) is 0 Å². The minimum Gasteiger partial charge on any atom is -0.550 e. The average Bonchev–Trinajstić information content (AvgIpc) is 1.61. The van der Waals surface area contributed by atoms with Crippen LogP contribution < -0.4 is 34.7 Å². The van der Waals surface area contributed by atoms with Crippen molar-refractivity contribution in [3.8, 4) is 0 Å². The van der Waals surface area contributed by atoms with E-state index < -0.39 is 5.97 Å². The monoisotopic (exact) mass is 125 g/mol. The molecule has 0 aromatic carbocycles. The molecule has 0 spiro atoms. The molecule has 0 aliphatic rings. The third kappa shape index (κ3) is 9.69. The normalized spacial score (nSPS) is 7.62. The number of unbranched alkanes of at least 4 members (excludes halogenated alkanes) is 1. The first-order valence-corrected chi connectivity index (χ1v) is 2.47. The maximum atomic E-state index is 9.65. The summed E-state index contributed by atoms with van der Waals surface area (Å²) in [4.78, 5) is 9.65.